The molecular formula is C27H43N3O7. The maximum Gasteiger partial charge on any atom is 0.408 e. The molecule has 3 N–H and O–H groups in total. The zero-order valence-electron chi connectivity index (χ0n) is 23.0. The molecule has 0 saturated carbocycles. The smallest absolute Gasteiger partial charge is 0.408 e. The monoisotopic (exact) mass is 521 g/mol. The highest BCUT2D eigenvalue weighted by Gasteiger charge is 2.33. The van der Waals surface area contributed by atoms with E-state index in [1.807, 2.05) is 0 Å². The number of ether oxygens (including phenoxy) is 2. The van der Waals surface area contributed by atoms with Gasteiger partial charge in [-0.3, -0.25) is 14.4 Å². The van der Waals surface area contributed by atoms with Gasteiger partial charge >= 0.3 is 12.1 Å². The second-order valence-corrected chi connectivity index (χ2v) is 9.76. The van der Waals surface area contributed by atoms with E-state index in [0.717, 1.165) is 19.3 Å². The lowest BCUT2D eigenvalue weighted by molar-refractivity contribution is -0.143. The van der Waals surface area contributed by atoms with Crippen LogP contribution >= 0.6 is 0 Å². The Bertz CT molecular complexity index is 912. The number of esters is 1. The van der Waals surface area contributed by atoms with Gasteiger partial charge in [0.1, 0.15) is 23.9 Å². The van der Waals surface area contributed by atoms with Crippen LogP contribution in [0.25, 0.3) is 0 Å². The van der Waals surface area contributed by atoms with E-state index in [1.165, 1.54) is 4.90 Å². The second kappa shape index (κ2) is 15.7. The Balaban J connectivity index is 3.24. The van der Waals surface area contributed by atoms with E-state index >= 15 is 0 Å². The molecule has 0 heterocycles. The Morgan fingerprint density at radius 3 is 2.38 bits per heavy atom. The zero-order chi connectivity index (χ0) is 28.0. The normalized spacial score (nSPS) is 11.8. The number of para-hydroxylation sites is 1. The van der Waals surface area contributed by atoms with Gasteiger partial charge in [0.25, 0.3) is 0 Å². The van der Waals surface area contributed by atoms with E-state index in [-0.39, 0.29) is 44.0 Å². The SMILES string of the molecule is CCCCCCN(C(=O)CNC(=O)OC(C)(C)C)C(C(=O)NCCC(=O)OCC)c1cccc(C)c1O. The number of aromatic hydroxyl groups is 1. The van der Waals surface area contributed by atoms with Crippen LogP contribution in [0.3, 0.4) is 0 Å². The van der Waals surface area contributed by atoms with Crippen molar-refractivity contribution in [2.24, 2.45) is 0 Å². The van der Waals surface area contributed by atoms with Crippen LogP contribution in [0.1, 0.15) is 83.9 Å². The molecule has 10 heteroatoms. The first kappa shape index (κ1) is 31.7. The lowest BCUT2D eigenvalue weighted by Crippen LogP contribution is -2.48. The number of carbonyl (C=O) groups is 4. The van der Waals surface area contributed by atoms with Crippen molar-refractivity contribution < 1.29 is 33.8 Å². The number of aryl methyl sites for hydroxylation is 1. The minimum atomic E-state index is -1.17. The van der Waals surface area contributed by atoms with Crippen molar-refractivity contribution in [3.63, 3.8) is 0 Å². The molecule has 0 fully saturated rings. The predicted octanol–water partition coefficient (Wildman–Crippen LogP) is 3.74. The van der Waals surface area contributed by atoms with E-state index in [1.54, 1.807) is 52.8 Å². The third kappa shape index (κ3) is 11.5. The average molecular weight is 522 g/mol. The third-order valence-electron chi connectivity index (χ3n) is 5.41. The number of nitrogens with zero attached hydrogens (tertiary/aromatic N) is 1. The Kier molecular flexibility index (Phi) is 13.5. The van der Waals surface area contributed by atoms with Crippen molar-refractivity contribution in [1.29, 1.82) is 0 Å². The van der Waals surface area contributed by atoms with Gasteiger partial charge in [0, 0.05) is 18.7 Å². The molecule has 0 aliphatic heterocycles. The molecule has 0 spiro atoms. The van der Waals surface area contributed by atoms with Gasteiger partial charge in [-0.05, 0) is 46.6 Å². The number of phenols is 1. The molecule has 0 aliphatic carbocycles. The molecule has 1 atom stereocenters. The maximum absolute atomic E-state index is 13.4. The van der Waals surface area contributed by atoms with Crippen LogP contribution in [-0.2, 0) is 23.9 Å². The van der Waals surface area contributed by atoms with Gasteiger partial charge in [0.2, 0.25) is 11.8 Å². The number of phenolic OH excluding ortho intramolecular Hbond substituents is 1. The summed E-state index contributed by atoms with van der Waals surface area (Å²) in [5.41, 5.74) is 0.0728. The van der Waals surface area contributed by atoms with Gasteiger partial charge in [-0.15, -0.1) is 0 Å². The number of rotatable bonds is 14. The molecule has 1 rings (SSSR count). The summed E-state index contributed by atoms with van der Waals surface area (Å²) in [6, 6.07) is 3.82. The molecule has 0 saturated heterocycles. The average Bonchev–Trinajstić information content (AvgIpc) is 2.81. The van der Waals surface area contributed by atoms with Crippen LogP contribution in [0.5, 0.6) is 5.75 Å². The summed E-state index contributed by atoms with van der Waals surface area (Å²) in [4.78, 5) is 52.0. The van der Waals surface area contributed by atoms with Crippen LogP contribution in [0.4, 0.5) is 4.79 Å². The number of carbonyl (C=O) groups excluding carboxylic acids is 4. The van der Waals surface area contributed by atoms with Crippen molar-refractivity contribution in [3.8, 4) is 5.75 Å². The van der Waals surface area contributed by atoms with Crippen LogP contribution in [0.2, 0.25) is 0 Å². The van der Waals surface area contributed by atoms with Gasteiger partial charge in [-0.25, -0.2) is 4.79 Å². The molecule has 0 radical (unpaired) electrons. The number of unbranched alkanes of at least 4 members (excludes halogenated alkanes) is 3. The molecule has 0 aromatic heterocycles. The van der Waals surface area contributed by atoms with Crippen LogP contribution < -0.4 is 10.6 Å². The summed E-state index contributed by atoms with van der Waals surface area (Å²) in [6.07, 6.45) is 2.65. The predicted molar refractivity (Wildman–Crippen MR) is 140 cm³/mol. The fourth-order valence-electron chi connectivity index (χ4n) is 3.64. The van der Waals surface area contributed by atoms with Crippen molar-refractivity contribution >= 4 is 23.9 Å². The molecule has 37 heavy (non-hydrogen) atoms. The highest BCUT2D eigenvalue weighted by Crippen LogP contribution is 2.32. The van der Waals surface area contributed by atoms with E-state index in [2.05, 4.69) is 17.6 Å². The molecule has 208 valence electrons. The van der Waals surface area contributed by atoms with Crippen LogP contribution in [-0.4, -0.2) is 65.7 Å². The molecule has 3 amide bonds. The summed E-state index contributed by atoms with van der Waals surface area (Å²) in [7, 11) is 0. The molecule has 1 aromatic rings. The molecule has 1 aromatic carbocycles. The minimum Gasteiger partial charge on any atom is -0.507 e. The van der Waals surface area contributed by atoms with Crippen LogP contribution in [0, 0.1) is 6.92 Å². The van der Waals surface area contributed by atoms with Gasteiger partial charge in [0.05, 0.1) is 13.0 Å². The summed E-state index contributed by atoms with van der Waals surface area (Å²) in [5.74, 6) is -1.61. The molecule has 10 nitrogen and oxygen atoms in total. The van der Waals surface area contributed by atoms with Crippen molar-refractivity contribution in [2.75, 3.05) is 26.2 Å². The fourth-order valence-corrected chi connectivity index (χ4v) is 3.64. The van der Waals surface area contributed by atoms with Crippen molar-refractivity contribution in [3.05, 3.63) is 29.3 Å². The Morgan fingerprint density at radius 1 is 1.05 bits per heavy atom. The fraction of sp³-hybridized carbons (Fsp3) is 0.630. The lowest BCUT2D eigenvalue weighted by atomic mass is 9.99. The van der Waals surface area contributed by atoms with Crippen LogP contribution in [0.15, 0.2) is 18.2 Å². The largest absolute Gasteiger partial charge is 0.507 e. The van der Waals surface area contributed by atoms with Gasteiger partial charge in [0.15, 0.2) is 0 Å². The summed E-state index contributed by atoms with van der Waals surface area (Å²) in [5, 5.41) is 16.0. The number of benzene rings is 1. The lowest BCUT2D eigenvalue weighted by Gasteiger charge is -2.32. The third-order valence-corrected chi connectivity index (χ3v) is 5.41. The summed E-state index contributed by atoms with van der Waals surface area (Å²) >= 11 is 0. The molecular weight excluding hydrogens is 478 g/mol. The summed E-state index contributed by atoms with van der Waals surface area (Å²) < 4.78 is 10.1. The van der Waals surface area contributed by atoms with Crippen molar-refractivity contribution in [1.82, 2.24) is 15.5 Å². The van der Waals surface area contributed by atoms with Gasteiger partial charge in [-0.1, -0.05) is 44.4 Å². The molecule has 0 aliphatic rings. The maximum atomic E-state index is 13.4. The number of nitrogens with one attached hydrogen (secondary N) is 2. The first-order valence-corrected chi connectivity index (χ1v) is 12.9. The van der Waals surface area contributed by atoms with Crippen molar-refractivity contribution in [2.45, 2.75) is 85.3 Å². The highest BCUT2D eigenvalue weighted by molar-refractivity contribution is 5.91. The van der Waals surface area contributed by atoms with Gasteiger partial charge in [-0.2, -0.15) is 0 Å². The van der Waals surface area contributed by atoms with E-state index in [0.29, 0.717) is 12.0 Å². The highest BCUT2D eigenvalue weighted by atomic mass is 16.6. The minimum absolute atomic E-state index is 0.00870. The first-order valence-electron chi connectivity index (χ1n) is 12.9. The molecule has 1 unspecified atom stereocenters. The number of hydrogen-bond donors (Lipinski definition) is 3. The van der Waals surface area contributed by atoms with E-state index in [9.17, 15) is 24.3 Å². The number of alkyl carbamates (subject to hydrolysis) is 1. The summed E-state index contributed by atoms with van der Waals surface area (Å²) in [6.45, 7) is 10.7. The van der Waals surface area contributed by atoms with E-state index in [4.69, 9.17) is 9.47 Å². The van der Waals surface area contributed by atoms with Gasteiger partial charge < -0.3 is 30.1 Å². The van der Waals surface area contributed by atoms with E-state index < -0.39 is 35.5 Å². The topological polar surface area (TPSA) is 134 Å². The Labute approximate surface area is 220 Å². The number of amides is 3. The first-order chi connectivity index (χ1) is 17.4. The molecule has 0 bridgehead atoms. The zero-order valence-corrected chi connectivity index (χ0v) is 23.0. The standard InChI is InChI=1S/C27H43N3O7/c1-7-9-10-11-17-30(21(31)18-29-26(35)37-27(4,5)6)23(20-14-12-13-19(3)24(20)33)25(34)28-16-15-22(32)36-8-2/h12-14,23,33H,7-11,15-18H2,1-6H3,(H,28,34)(H,29,35). The Morgan fingerprint density at radius 2 is 1.76 bits per heavy atom. The second-order valence-electron chi connectivity index (χ2n) is 9.76. The quantitative estimate of drug-likeness (QED) is 0.251. The Hall–Kier alpha value is -3.30. The number of hydrogen-bond acceptors (Lipinski definition) is 7.